The number of aromatic nitrogens is 1. The molecule has 0 aliphatic carbocycles. The molecule has 0 radical (unpaired) electrons. The first-order valence-electron chi connectivity index (χ1n) is 10.6. The molecule has 0 spiro atoms. The van der Waals surface area contributed by atoms with E-state index in [0.717, 1.165) is 27.9 Å². The number of fused-ring (bicyclic) bond motifs is 2. The van der Waals surface area contributed by atoms with Gasteiger partial charge in [0, 0.05) is 40.9 Å². The molecule has 8 heteroatoms. The van der Waals surface area contributed by atoms with E-state index in [-0.39, 0.29) is 18.5 Å². The number of nitrogens with one attached hydrogen (secondary N) is 3. The van der Waals surface area contributed by atoms with Crippen molar-refractivity contribution in [2.45, 2.75) is 32.4 Å². The van der Waals surface area contributed by atoms with Gasteiger partial charge >= 0.3 is 11.8 Å². The average Bonchev–Trinajstić information content (AvgIpc) is 3.31. The van der Waals surface area contributed by atoms with E-state index in [2.05, 4.69) is 15.6 Å². The van der Waals surface area contributed by atoms with Crippen LogP contribution in [0, 0.1) is 0 Å². The summed E-state index contributed by atoms with van der Waals surface area (Å²) in [5.74, 6) is -1.09. The maximum atomic E-state index is 12.9. The summed E-state index contributed by atoms with van der Waals surface area (Å²) >= 11 is 0. The summed E-state index contributed by atoms with van der Waals surface area (Å²) in [6, 6.07) is 12.1. The lowest BCUT2D eigenvalue weighted by molar-refractivity contribution is -0.140. The molecule has 1 aromatic heterocycles. The number of hydrogen-bond acceptors (Lipinski definition) is 4. The fourth-order valence-corrected chi connectivity index (χ4v) is 4.09. The maximum Gasteiger partial charge on any atom is 0.310 e. The zero-order chi connectivity index (χ0) is 22.8. The minimum Gasteiger partial charge on any atom is -0.497 e. The third-order valence-electron chi connectivity index (χ3n) is 5.64. The van der Waals surface area contributed by atoms with Crippen molar-refractivity contribution in [3.05, 3.63) is 59.8 Å². The van der Waals surface area contributed by atoms with Gasteiger partial charge in [0.15, 0.2) is 0 Å². The van der Waals surface area contributed by atoms with E-state index in [4.69, 9.17) is 4.74 Å². The number of nitrogens with zero attached hydrogens (tertiary/aromatic N) is 1. The second-order valence-corrected chi connectivity index (χ2v) is 8.00. The summed E-state index contributed by atoms with van der Waals surface area (Å²) in [4.78, 5) is 42.6. The van der Waals surface area contributed by atoms with Crippen molar-refractivity contribution < 1.29 is 19.1 Å². The number of anilines is 1. The molecule has 8 nitrogen and oxygen atoms in total. The second-order valence-electron chi connectivity index (χ2n) is 8.00. The lowest BCUT2D eigenvalue weighted by Gasteiger charge is -2.22. The van der Waals surface area contributed by atoms with E-state index in [0.29, 0.717) is 12.0 Å². The van der Waals surface area contributed by atoms with E-state index in [1.165, 1.54) is 0 Å². The van der Waals surface area contributed by atoms with Gasteiger partial charge in [-0.15, -0.1) is 0 Å². The van der Waals surface area contributed by atoms with Crippen LogP contribution in [0.25, 0.3) is 10.9 Å². The van der Waals surface area contributed by atoms with Crippen LogP contribution < -0.4 is 20.3 Å². The molecule has 3 amide bonds. The first-order valence-corrected chi connectivity index (χ1v) is 10.6. The molecule has 0 unspecified atom stereocenters. The molecule has 0 saturated heterocycles. The summed E-state index contributed by atoms with van der Waals surface area (Å²) in [5.41, 5.74) is 3.43. The predicted molar refractivity (Wildman–Crippen MR) is 122 cm³/mol. The Bertz CT molecular complexity index is 1180. The van der Waals surface area contributed by atoms with Crippen molar-refractivity contribution >= 4 is 34.3 Å². The molecule has 32 heavy (non-hydrogen) atoms. The standard InChI is InChI=1S/C24H26N4O4/c1-14(2)28-20-7-5-4-6-17(20)21(24(28)31)27-23(30)22(29)25-11-10-15-13-26-19-9-8-16(32-3)12-18(15)19/h4-9,12-14,21,26H,10-11H2,1-3H3,(H,25,29)(H,27,30)/t21-/m1/s1. The number of hydrogen-bond donors (Lipinski definition) is 3. The van der Waals surface area contributed by atoms with Crippen LogP contribution >= 0.6 is 0 Å². The van der Waals surface area contributed by atoms with Crippen LogP contribution in [0.2, 0.25) is 0 Å². The summed E-state index contributed by atoms with van der Waals surface area (Å²) in [7, 11) is 1.61. The normalized spacial score (nSPS) is 15.2. The van der Waals surface area contributed by atoms with Gasteiger partial charge in [0.2, 0.25) is 0 Å². The lowest BCUT2D eigenvalue weighted by atomic mass is 10.1. The summed E-state index contributed by atoms with van der Waals surface area (Å²) in [5, 5.41) is 6.24. The van der Waals surface area contributed by atoms with Gasteiger partial charge < -0.3 is 25.3 Å². The van der Waals surface area contributed by atoms with Gasteiger partial charge in [0.1, 0.15) is 11.8 Å². The molecule has 1 aliphatic heterocycles. The van der Waals surface area contributed by atoms with Crippen LogP contribution in [0.4, 0.5) is 5.69 Å². The predicted octanol–water partition coefficient (Wildman–Crippen LogP) is 2.45. The van der Waals surface area contributed by atoms with Crippen LogP contribution in [0.3, 0.4) is 0 Å². The van der Waals surface area contributed by atoms with Crippen molar-refractivity contribution in [2.75, 3.05) is 18.6 Å². The zero-order valence-corrected chi connectivity index (χ0v) is 18.3. The minimum atomic E-state index is -0.868. The highest BCUT2D eigenvalue weighted by Gasteiger charge is 2.39. The first-order chi connectivity index (χ1) is 15.4. The Labute approximate surface area is 185 Å². The fraction of sp³-hybridized carbons (Fsp3) is 0.292. The monoisotopic (exact) mass is 434 g/mol. The molecule has 3 N–H and O–H groups in total. The number of para-hydroxylation sites is 1. The number of ether oxygens (including phenoxy) is 1. The van der Waals surface area contributed by atoms with Gasteiger partial charge in [0.05, 0.1) is 7.11 Å². The Morgan fingerprint density at radius 3 is 2.69 bits per heavy atom. The number of aromatic amines is 1. The lowest BCUT2D eigenvalue weighted by Crippen LogP contribution is -2.45. The number of methoxy groups -OCH3 is 1. The fourth-order valence-electron chi connectivity index (χ4n) is 4.09. The first kappa shape index (κ1) is 21.4. The molecule has 0 bridgehead atoms. The zero-order valence-electron chi connectivity index (χ0n) is 18.3. The van der Waals surface area contributed by atoms with E-state index in [1.807, 2.05) is 56.4 Å². The molecular formula is C24H26N4O4. The third-order valence-corrected chi connectivity index (χ3v) is 5.64. The van der Waals surface area contributed by atoms with E-state index in [9.17, 15) is 14.4 Å². The molecule has 0 saturated carbocycles. The Balaban J connectivity index is 1.38. The number of rotatable bonds is 6. The molecule has 4 rings (SSSR count). The largest absolute Gasteiger partial charge is 0.497 e. The molecular weight excluding hydrogens is 408 g/mol. The molecule has 2 heterocycles. The van der Waals surface area contributed by atoms with Crippen LogP contribution in [-0.4, -0.2) is 42.4 Å². The highest BCUT2D eigenvalue weighted by atomic mass is 16.5. The summed E-state index contributed by atoms with van der Waals surface area (Å²) in [6.07, 6.45) is 2.42. The van der Waals surface area contributed by atoms with Crippen molar-refractivity contribution in [1.82, 2.24) is 15.6 Å². The Kier molecular flexibility index (Phi) is 5.85. The summed E-state index contributed by atoms with van der Waals surface area (Å²) in [6.45, 7) is 4.10. The van der Waals surface area contributed by atoms with Crippen LogP contribution in [0.15, 0.2) is 48.7 Å². The van der Waals surface area contributed by atoms with Crippen molar-refractivity contribution in [3.8, 4) is 5.75 Å². The van der Waals surface area contributed by atoms with Gasteiger partial charge in [-0.05, 0) is 50.1 Å². The smallest absolute Gasteiger partial charge is 0.310 e. The van der Waals surface area contributed by atoms with Crippen molar-refractivity contribution in [2.24, 2.45) is 0 Å². The SMILES string of the molecule is COc1ccc2[nH]cc(CCNC(=O)C(=O)N[C@H]3C(=O)N(C(C)C)c4ccccc43)c2c1. The second kappa shape index (κ2) is 8.74. The quantitative estimate of drug-likeness (QED) is 0.519. The van der Waals surface area contributed by atoms with Gasteiger partial charge in [-0.3, -0.25) is 14.4 Å². The third kappa shape index (κ3) is 3.91. The number of H-pyrrole nitrogens is 1. The number of carbonyl (C=O) groups excluding carboxylic acids is 3. The highest BCUT2D eigenvalue weighted by Crippen LogP contribution is 2.36. The van der Waals surface area contributed by atoms with Gasteiger partial charge in [-0.25, -0.2) is 0 Å². The van der Waals surface area contributed by atoms with Crippen molar-refractivity contribution in [3.63, 3.8) is 0 Å². The Hall–Kier alpha value is -3.81. The highest BCUT2D eigenvalue weighted by molar-refractivity contribution is 6.35. The van der Waals surface area contributed by atoms with Gasteiger partial charge in [0.25, 0.3) is 5.91 Å². The maximum absolute atomic E-state index is 12.9. The molecule has 0 fully saturated rings. The molecule has 3 aromatic rings. The molecule has 2 aromatic carbocycles. The number of benzene rings is 2. The molecule has 1 atom stereocenters. The van der Waals surface area contributed by atoms with Crippen molar-refractivity contribution in [1.29, 1.82) is 0 Å². The van der Waals surface area contributed by atoms with Crippen LogP contribution in [0.1, 0.15) is 31.0 Å². The molecule has 1 aliphatic rings. The van der Waals surface area contributed by atoms with Gasteiger partial charge in [-0.1, -0.05) is 18.2 Å². The summed E-state index contributed by atoms with van der Waals surface area (Å²) < 4.78 is 5.27. The average molecular weight is 434 g/mol. The van der Waals surface area contributed by atoms with Crippen LogP contribution in [0.5, 0.6) is 5.75 Å². The van der Waals surface area contributed by atoms with E-state index >= 15 is 0 Å². The molecule has 166 valence electrons. The van der Waals surface area contributed by atoms with E-state index in [1.54, 1.807) is 18.1 Å². The Morgan fingerprint density at radius 2 is 1.94 bits per heavy atom. The minimum absolute atomic E-state index is 0.0609. The Morgan fingerprint density at radius 1 is 1.16 bits per heavy atom. The van der Waals surface area contributed by atoms with Crippen LogP contribution in [-0.2, 0) is 20.8 Å². The van der Waals surface area contributed by atoms with Gasteiger partial charge in [-0.2, -0.15) is 0 Å². The van der Waals surface area contributed by atoms with E-state index < -0.39 is 17.9 Å². The number of carbonyl (C=O) groups is 3. The number of amides is 3. The topological polar surface area (TPSA) is 104 Å².